The van der Waals surface area contributed by atoms with Crippen LogP contribution in [0.3, 0.4) is 0 Å². The van der Waals surface area contributed by atoms with E-state index in [4.69, 9.17) is 16.7 Å². The summed E-state index contributed by atoms with van der Waals surface area (Å²) in [6.45, 7) is 4.59. The lowest BCUT2D eigenvalue weighted by Gasteiger charge is -2.14. The molecule has 0 fully saturated rings. The molecule has 0 aliphatic heterocycles. The number of hydrogen-bond acceptors (Lipinski definition) is 4. The van der Waals surface area contributed by atoms with Crippen molar-refractivity contribution in [1.82, 2.24) is 9.55 Å². The molecule has 1 heterocycles. The van der Waals surface area contributed by atoms with E-state index in [1.165, 1.54) is 18.2 Å². The average molecular weight is 329 g/mol. The van der Waals surface area contributed by atoms with Crippen molar-refractivity contribution in [3.05, 3.63) is 41.4 Å². The molecule has 3 N–H and O–H groups in total. The molecular weight excluding hydrogens is 312 g/mol. The Kier molecular flexibility index (Phi) is 4.55. The summed E-state index contributed by atoms with van der Waals surface area (Å²) in [6, 6.07) is 4.59. The van der Waals surface area contributed by atoms with Crippen molar-refractivity contribution in [1.29, 1.82) is 0 Å². The van der Waals surface area contributed by atoms with E-state index in [0.717, 1.165) is 5.69 Å². The number of benzene rings is 1. The molecule has 0 amide bonds. The minimum Gasteiger partial charge on any atom is -0.378 e. The number of rotatable bonds is 5. The molecule has 21 heavy (non-hydrogen) atoms. The van der Waals surface area contributed by atoms with Gasteiger partial charge < -0.3 is 9.88 Å². The molecule has 1 aromatic carbocycles. The molecule has 8 heteroatoms. The van der Waals surface area contributed by atoms with E-state index in [-0.39, 0.29) is 10.9 Å². The van der Waals surface area contributed by atoms with Crippen LogP contribution in [0.5, 0.6) is 0 Å². The third-order valence-corrected chi connectivity index (χ3v) is 4.27. The second-order valence-electron chi connectivity index (χ2n) is 4.93. The second kappa shape index (κ2) is 6.05. The largest absolute Gasteiger partial charge is 0.378 e. The first-order valence-electron chi connectivity index (χ1n) is 6.36. The Balaban J connectivity index is 2.22. The number of nitrogens with zero attached hydrogens (tertiary/aromatic N) is 2. The Morgan fingerprint density at radius 2 is 2.14 bits per heavy atom. The van der Waals surface area contributed by atoms with Crippen LogP contribution in [0.25, 0.3) is 0 Å². The van der Waals surface area contributed by atoms with Crippen molar-refractivity contribution in [3.63, 3.8) is 0 Å². The first kappa shape index (κ1) is 15.8. The van der Waals surface area contributed by atoms with Gasteiger partial charge in [0.2, 0.25) is 10.0 Å². The highest BCUT2D eigenvalue weighted by Gasteiger charge is 2.11. The standard InChI is InChI=1S/C13H17ClN4O2S/c1-9(2)18-8-16-6-10(18)7-17-13-5-11(21(15,19)20)3-4-12(13)14/h3-6,8-9,17H,7H2,1-2H3,(H2,15,19,20). The van der Waals surface area contributed by atoms with Crippen LogP contribution in [0.4, 0.5) is 5.69 Å². The van der Waals surface area contributed by atoms with Crippen molar-refractivity contribution >= 4 is 27.3 Å². The molecule has 0 spiro atoms. The molecular formula is C13H17ClN4O2S. The van der Waals surface area contributed by atoms with Crippen LogP contribution in [-0.2, 0) is 16.6 Å². The van der Waals surface area contributed by atoms with Crippen LogP contribution < -0.4 is 10.5 Å². The van der Waals surface area contributed by atoms with Crippen LogP contribution >= 0.6 is 11.6 Å². The number of primary sulfonamides is 1. The number of aromatic nitrogens is 2. The fourth-order valence-corrected chi connectivity index (χ4v) is 2.66. The summed E-state index contributed by atoms with van der Waals surface area (Å²) in [5, 5.41) is 8.66. The lowest BCUT2D eigenvalue weighted by molar-refractivity contribution is 0.577. The van der Waals surface area contributed by atoms with Gasteiger partial charge in [-0.15, -0.1) is 0 Å². The molecule has 0 radical (unpaired) electrons. The number of nitrogens with two attached hydrogens (primary N) is 1. The maximum Gasteiger partial charge on any atom is 0.238 e. The Morgan fingerprint density at radius 1 is 1.43 bits per heavy atom. The normalized spacial score (nSPS) is 11.9. The second-order valence-corrected chi connectivity index (χ2v) is 6.89. The molecule has 0 aliphatic rings. The molecule has 0 unspecified atom stereocenters. The van der Waals surface area contributed by atoms with Gasteiger partial charge in [0.1, 0.15) is 0 Å². The molecule has 114 valence electrons. The van der Waals surface area contributed by atoms with Crippen LogP contribution in [0.2, 0.25) is 5.02 Å². The van der Waals surface area contributed by atoms with Crippen LogP contribution in [0.15, 0.2) is 35.6 Å². The topological polar surface area (TPSA) is 90.0 Å². The van der Waals surface area contributed by atoms with E-state index >= 15 is 0 Å². The molecule has 0 atom stereocenters. The zero-order valence-electron chi connectivity index (χ0n) is 11.7. The quantitative estimate of drug-likeness (QED) is 0.881. The van der Waals surface area contributed by atoms with E-state index < -0.39 is 10.0 Å². The SMILES string of the molecule is CC(C)n1cncc1CNc1cc(S(N)(=O)=O)ccc1Cl. The average Bonchev–Trinajstić information content (AvgIpc) is 2.85. The Bertz CT molecular complexity index is 740. The molecule has 0 saturated heterocycles. The molecule has 0 aliphatic carbocycles. The highest BCUT2D eigenvalue weighted by molar-refractivity contribution is 7.89. The Hall–Kier alpha value is -1.57. The van der Waals surface area contributed by atoms with Crippen molar-refractivity contribution in [2.45, 2.75) is 31.3 Å². The summed E-state index contributed by atoms with van der Waals surface area (Å²) in [5.74, 6) is 0. The van der Waals surface area contributed by atoms with Crippen molar-refractivity contribution < 1.29 is 8.42 Å². The van der Waals surface area contributed by atoms with Gasteiger partial charge in [0.15, 0.2) is 0 Å². The summed E-state index contributed by atoms with van der Waals surface area (Å²) in [7, 11) is -3.75. The van der Waals surface area contributed by atoms with Crippen molar-refractivity contribution in [3.8, 4) is 0 Å². The number of hydrogen-bond donors (Lipinski definition) is 2. The number of halogens is 1. The lowest BCUT2D eigenvalue weighted by atomic mass is 10.3. The first-order valence-corrected chi connectivity index (χ1v) is 8.28. The van der Waals surface area contributed by atoms with Gasteiger partial charge in [0.05, 0.1) is 34.2 Å². The van der Waals surface area contributed by atoms with Gasteiger partial charge in [-0.1, -0.05) is 11.6 Å². The van der Waals surface area contributed by atoms with E-state index in [9.17, 15) is 8.42 Å². The zero-order valence-corrected chi connectivity index (χ0v) is 13.3. The summed E-state index contributed by atoms with van der Waals surface area (Å²) < 4.78 is 24.7. The highest BCUT2D eigenvalue weighted by atomic mass is 35.5. The van der Waals surface area contributed by atoms with Crippen molar-refractivity contribution in [2.75, 3.05) is 5.32 Å². The summed E-state index contributed by atoms with van der Waals surface area (Å²) >= 11 is 6.07. The highest BCUT2D eigenvalue weighted by Crippen LogP contribution is 2.25. The van der Waals surface area contributed by atoms with Gasteiger partial charge in [0.25, 0.3) is 0 Å². The predicted molar refractivity (Wildman–Crippen MR) is 82.8 cm³/mol. The maximum absolute atomic E-state index is 11.4. The fraction of sp³-hybridized carbons (Fsp3) is 0.308. The van der Waals surface area contributed by atoms with Gasteiger partial charge >= 0.3 is 0 Å². The van der Waals surface area contributed by atoms with Gasteiger partial charge in [-0.25, -0.2) is 18.5 Å². The Morgan fingerprint density at radius 3 is 2.76 bits per heavy atom. The number of nitrogens with one attached hydrogen (secondary N) is 1. The van der Waals surface area contributed by atoms with Gasteiger partial charge in [-0.05, 0) is 32.0 Å². The Labute approximate surface area is 129 Å². The van der Waals surface area contributed by atoms with Crippen LogP contribution in [-0.4, -0.2) is 18.0 Å². The van der Waals surface area contributed by atoms with E-state index in [1.807, 2.05) is 4.57 Å². The number of anilines is 1. The molecule has 0 saturated carbocycles. The van der Waals surface area contributed by atoms with Crippen molar-refractivity contribution in [2.24, 2.45) is 5.14 Å². The first-order chi connectivity index (χ1) is 9.79. The minimum absolute atomic E-state index is 0.0202. The van der Waals surface area contributed by atoms with Gasteiger partial charge in [0, 0.05) is 12.2 Å². The van der Waals surface area contributed by atoms with E-state index in [0.29, 0.717) is 17.3 Å². The maximum atomic E-state index is 11.4. The molecule has 2 aromatic rings. The minimum atomic E-state index is -3.75. The fourth-order valence-electron chi connectivity index (χ4n) is 1.94. The van der Waals surface area contributed by atoms with Gasteiger partial charge in [-0.2, -0.15) is 0 Å². The lowest BCUT2D eigenvalue weighted by Crippen LogP contribution is -2.13. The van der Waals surface area contributed by atoms with Crippen LogP contribution in [0, 0.1) is 0 Å². The third kappa shape index (κ3) is 3.75. The number of imidazole rings is 1. The summed E-state index contributed by atoms with van der Waals surface area (Å²) in [6.07, 6.45) is 3.51. The van der Waals surface area contributed by atoms with Gasteiger partial charge in [-0.3, -0.25) is 0 Å². The smallest absolute Gasteiger partial charge is 0.238 e. The van der Waals surface area contributed by atoms with E-state index in [1.54, 1.807) is 12.5 Å². The number of sulfonamides is 1. The predicted octanol–water partition coefficient (Wildman–Crippen LogP) is 2.38. The zero-order chi connectivity index (χ0) is 15.6. The summed E-state index contributed by atoms with van der Waals surface area (Å²) in [5.41, 5.74) is 1.49. The molecule has 2 rings (SSSR count). The van der Waals surface area contributed by atoms with E-state index in [2.05, 4.69) is 24.1 Å². The monoisotopic (exact) mass is 328 g/mol. The molecule has 6 nitrogen and oxygen atoms in total. The summed E-state index contributed by atoms with van der Waals surface area (Å²) in [4.78, 5) is 4.13. The third-order valence-electron chi connectivity index (χ3n) is 3.03. The molecule has 1 aromatic heterocycles. The van der Waals surface area contributed by atoms with Crippen LogP contribution in [0.1, 0.15) is 25.6 Å². The molecule has 0 bridgehead atoms.